The molecule has 0 atom stereocenters. The fourth-order valence-corrected chi connectivity index (χ4v) is 2.28. The maximum Gasteiger partial charge on any atom is 0.416 e. The van der Waals surface area contributed by atoms with Crippen LogP contribution in [0.15, 0.2) is 23.2 Å². The molecule has 1 heterocycles. The quantitative estimate of drug-likeness (QED) is 0.791. The summed E-state index contributed by atoms with van der Waals surface area (Å²) in [6, 6.07) is 2.28. The van der Waals surface area contributed by atoms with Crippen molar-refractivity contribution in [1.82, 2.24) is 0 Å². The Labute approximate surface area is 105 Å². The number of thioether (sulfide) groups is 1. The van der Waals surface area contributed by atoms with Crippen LogP contribution in [0.1, 0.15) is 12.0 Å². The molecule has 1 aromatic rings. The van der Waals surface area contributed by atoms with Gasteiger partial charge in [0.05, 0.1) is 11.3 Å². The van der Waals surface area contributed by atoms with E-state index < -0.39 is 17.6 Å². The van der Waals surface area contributed by atoms with Gasteiger partial charge in [-0.3, -0.25) is 4.99 Å². The molecule has 0 saturated heterocycles. The number of nitrogens with one attached hydrogen (secondary N) is 1. The number of aliphatic imine (C=N–C) groups is 1. The lowest BCUT2D eigenvalue weighted by Gasteiger charge is -2.15. The average molecular weight is 278 g/mol. The molecule has 7 heteroatoms. The van der Waals surface area contributed by atoms with E-state index in [1.54, 1.807) is 0 Å². The van der Waals surface area contributed by atoms with E-state index in [-0.39, 0.29) is 5.69 Å². The van der Waals surface area contributed by atoms with Crippen LogP contribution in [0.3, 0.4) is 0 Å². The van der Waals surface area contributed by atoms with Crippen molar-refractivity contribution >= 4 is 22.6 Å². The molecule has 0 bridgehead atoms. The van der Waals surface area contributed by atoms with Gasteiger partial charge >= 0.3 is 6.18 Å². The molecule has 1 aliphatic heterocycles. The monoisotopic (exact) mass is 278 g/mol. The van der Waals surface area contributed by atoms with Gasteiger partial charge in [-0.05, 0) is 24.6 Å². The molecule has 1 aliphatic rings. The summed E-state index contributed by atoms with van der Waals surface area (Å²) in [5.41, 5.74) is -1.08. The Hall–Kier alpha value is -1.24. The first-order chi connectivity index (χ1) is 8.47. The van der Waals surface area contributed by atoms with Gasteiger partial charge in [-0.2, -0.15) is 13.2 Å². The van der Waals surface area contributed by atoms with Crippen LogP contribution in [0.5, 0.6) is 0 Å². The van der Waals surface area contributed by atoms with Gasteiger partial charge in [0.15, 0.2) is 5.17 Å². The Morgan fingerprint density at radius 1 is 1.28 bits per heavy atom. The predicted molar refractivity (Wildman–Crippen MR) is 64.4 cm³/mol. The van der Waals surface area contributed by atoms with Gasteiger partial charge in [-0.15, -0.1) is 0 Å². The summed E-state index contributed by atoms with van der Waals surface area (Å²) < 4.78 is 50.9. The predicted octanol–water partition coefficient (Wildman–Crippen LogP) is 3.75. The van der Waals surface area contributed by atoms with Crippen LogP contribution < -0.4 is 5.32 Å². The second-order valence-corrected chi connectivity index (χ2v) is 4.79. The first kappa shape index (κ1) is 13.2. The highest BCUT2D eigenvalue weighted by Crippen LogP contribution is 2.32. The van der Waals surface area contributed by atoms with Crippen molar-refractivity contribution in [2.24, 2.45) is 4.99 Å². The second kappa shape index (κ2) is 5.17. The van der Waals surface area contributed by atoms with E-state index in [0.29, 0.717) is 11.7 Å². The molecule has 2 rings (SSSR count). The number of alkyl halides is 3. The molecule has 0 aromatic heterocycles. The van der Waals surface area contributed by atoms with Gasteiger partial charge in [0, 0.05) is 12.3 Å². The first-order valence-electron chi connectivity index (χ1n) is 5.28. The van der Waals surface area contributed by atoms with E-state index in [1.165, 1.54) is 11.8 Å². The van der Waals surface area contributed by atoms with E-state index in [0.717, 1.165) is 30.4 Å². The van der Waals surface area contributed by atoms with E-state index in [1.807, 2.05) is 0 Å². The molecule has 0 saturated carbocycles. The third-order valence-electron chi connectivity index (χ3n) is 2.33. The number of hydrogen-bond acceptors (Lipinski definition) is 3. The lowest BCUT2D eigenvalue weighted by Crippen LogP contribution is -2.15. The van der Waals surface area contributed by atoms with Gasteiger partial charge < -0.3 is 5.32 Å². The van der Waals surface area contributed by atoms with Crippen LogP contribution in [-0.2, 0) is 6.18 Å². The summed E-state index contributed by atoms with van der Waals surface area (Å²) in [4.78, 5) is 4.08. The Bertz CT molecular complexity index is 471. The molecule has 1 aromatic carbocycles. The lowest BCUT2D eigenvalue weighted by atomic mass is 10.2. The zero-order valence-corrected chi connectivity index (χ0v) is 10.0. The molecular weight excluding hydrogens is 268 g/mol. The number of nitrogens with zero attached hydrogens (tertiary/aromatic N) is 1. The largest absolute Gasteiger partial charge is 0.416 e. The Morgan fingerprint density at radius 3 is 2.67 bits per heavy atom. The Morgan fingerprint density at radius 2 is 2.06 bits per heavy atom. The van der Waals surface area contributed by atoms with E-state index in [2.05, 4.69) is 10.3 Å². The van der Waals surface area contributed by atoms with Crippen molar-refractivity contribution in [2.45, 2.75) is 12.6 Å². The van der Waals surface area contributed by atoms with Crippen LogP contribution >= 0.6 is 11.8 Å². The summed E-state index contributed by atoms with van der Waals surface area (Å²) in [6.45, 7) is 0.607. The normalized spacial score (nSPS) is 16.3. The smallest absolute Gasteiger partial charge is 0.333 e. The maximum absolute atomic E-state index is 13.4. The SMILES string of the molecule is Fc1ccc(C(F)(F)F)cc1NC1=NCCCS1. The van der Waals surface area contributed by atoms with Gasteiger partial charge in [0.1, 0.15) is 5.82 Å². The lowest BCUT2D eigenvalue weighted by molar-refractivity contribution is -0.137. The first-order valence-corrected chi connectivity index (χ1v) is 6.26. The molecule has 0 spiro atoms. The van der Waals surface area contributed by atoms with Crippen molar-refractivity contribution in [3.63, 3.8) is 0 Å². The number of halogens is 4. The van der Waals surface area contributed by atoms with Crippen molar-refractivity contribution in [1.29, 1.82) is 0 Å². The Kier molecular flexibility index (Phi) is 3.79. The molecule has 2 nitrogen and oxygen atoms in total. The van der Waals surface area contributed by atoms with E-state index in [9.17, 15) is 17.6 Å². The van der Waals surface area contributed by atoms with E-state index in [4.69, 9.17) is 0 Å². The summed E-state index contributed by atoms with van der Waals surface area (Å²) in [5.74, 6) is 0.101. The van der Waals surface area contributed by atoms with Crippen molar-refractivity contribution in [3.05, 3.63) is 29.6 Å². The third kappa shape index (κ3) is 3.16. The third-order valence-corrected chi connectivity index (χ3v) is 3.33. The number of rotatable bonds is 1. The van der Waals surface area contributed by atoms with Crippen LogP contribution in [0.2, 0.25) is 0 Å². The van der Waals surface area contributed by atoms with Crippen LogP contribution in [0.25, 0.3) is 0 Å². The Balaban J connectivity index is 2.24. The summed E-state index contributed by atoms with van der Waals surface area (Å²) in [5, 5.41) is 3.06. The molecule has 1 N–H and O–H groups in total. The standard InChI is InChI=1S/C11H10F4N2S/c12-8-3-2-7(11(13,14)15)6-9(8)17-10-16-4-1-5-18-10/h2-3,6H,1,4-5H2,(H,16,17). The summed E-state index contributed by atoms with van der Waals surface area (Å²) in [7, 11) is 0. The summed E-state index contributed by atoms with van der Waals surface area (Å²) in [6.07, 6.45) is -3.56. The van der Waals surface area contributed by atoms with E-state index >= 15 is 0 Å². The zero-order chi connectivity index (χ0) is 13.2. The molecule has 0 aliphatic carbocycles. The zero-order valence-electron chi connectivity index (χ0n) is 9.22. The topological polar surface area (TPSA) is 24.4 Å². The highest BCUT2D eigenvalue weighted by atomic mass is 32.2. The number of hydrogen-bond donors (Lipinski definition) is 1. The highest BCUT2D eigenvalue weighted by molar-refractivity contribution is 8.14. The fourth-order valence-electron chi connectivity index (χ4n) is 1.45. The van der Waals surface area contributed by atoms with Crippen molar-refractivity contribution in [2.75, 3.05) is 17.6 Å². The van der Waals surface area contributed by atoms with Crippen LogP contribution in [-0.4, -0.2) is 17.5 Å². The molecule has 18 heavy (non-hydrogen) atoms. The number of amidine groups is 1. The molecule has 0 amide bonds. The van der Waals surface area contributed by atoms with Crippen molar-refractivity contribution in [3.8, 4) is 0 Å². The summed E-state index contributed by atoms with van der Waals surface area (Å²) >= 11 is 1.37. The van der Waals surface area contributed by atoms with Gasteiger partial charge in [0.2, 0.25) is 0 Å². The molecule has 0 radical (unpaired) electrons. The minimum absolute atomic E-state index is 0.196. The highest BCUT2D eigenvalue weighted by Gasteiger charge is 2.31. The second-order valence-electron chi connectivity index (χ2n) is 3.71. The maximum atomic E-state index is 13.4. The molecule has 0 fully saturated rings. The average Bonchev–Trinajstić information content (AvgIpc) is 2.32. The minimum Gasteiger partial charge on any atom is -0.333 e. The van der Waals surface area contributed by atoms with Crippen molar-refractivity contribution < 1.29 is 17.6 Å². The van der Waals surface area contributed by atoms with Crippen LogP contribution in [0.4, 0.5) is 23.2 Å². The molecular formula is C11H10F4N2S. The molecule has 98 valence electrons. The fraction of sp³-hybridized carbons (Fsp3) is 0.364. The minimum atomic E-state index is -4.48. The van der Waals surface area contributed by atoms with Gasteiger partial charge in [0.25, 0.3) is 0 Å². The number of anilines is 1. The van der Waals surface area contributed by atoms with Gasteiger partial charge in [-0.1, -0.05) is 11.8 Å². The molecule has 0 unspecified atom stereocenters. The van der Waals surface area contributed by atoms with Gasteiger partial charge in [-0.25, -0.2) is 4.39 Å². The number of benzene rings is 1. The van der Waals surface area contributed by atoms with Crippen LogP contribution in [0, 0.1) is 5.82 Å².